The third-order valence-electron chi connectivity index (χ3n) is 3.45. The number of nitrogens with zero attached hydrogens (tertiary/aromatic N) is 5. The summed E-state index contributed by atoms with van der Waals surface area (Å²) in [5.41, 5.74) is 2.29. The molecular formula is C15H26N6. The summed E-state index contributed by atoms with van der Waals surface area (Å²) in [4.78, 5) is 2.21. The number of nitrogens with one attached hydrogen (secondary N) is 1. The molecule has 116 valence electrons. The van der Waals surface area contributed by atoms with Gasteiger partial charge in [-0.3, -0.25) is 10.00 Å². The Bertz CT molecular complexity index is 575. The molecule has 6 heteroatoms. The number of aromatic nitrogens is 5. The molecule has 0 atom stereocenters. The highest BCUT2D eigenvalue weighted by molar-refractivity contribution is 5.16. The number of rotatable bonds is 5. The van der Waals surface area contributed by atoms with Crippen molar-refractivity contribution in [1.29, 1.82) is 0 Å². The maximum Gasteiger partial charge on any atom is 0.147 e. The van der Waals surface area contributed by atoms with E-state index < -0.39 is 0 Å². The second-order valence-electron chi connectivity index (χ2n) is 6.95. The minimum absolute atomic E-state index is 0.0745. The molecule has 0 spiro atoms. The molecule has 0 saturated heterocycles. The van der Waals surface area contributed by atoms with Crippen LogP contribution >= 0.6 is 0 Å². The van der Waals surface area contributed by atoms with Crippen molar-refractivity contribution in [1.82, 2.24) is 29.9 Å². The molecule has 2 aromatic rings. The van der Waals surface area contributed by atoms with Crippen LogP contribution in [0, 0.1) is 0 Å². The Kier molecular flexibility index (Phi) is 4.46. The van der Waals surface area contributed by atoms with Gasteiger partial charge in [-0.2, -0.15) is 5.10 Å². The fraction of sp³-hybridized carbons (Fsp3) is 0.667. The molecule has 0 aliphatic carbocycles. The van der Waals surface area contributed by atoms with Gasteiger partial charge < -0.3 is 4.57 Å². The van der Waals surface area contributed by atoms with Gasteiger partial charge in [0.1, 0.15) is 12.2 Å². The van der Waals surface area contributed by atoms with Crippen LogP contribution in [0.1, 0.15) is 57.9 Å². The lowest BCUT2D eigenvalue weighted by Gasteiger charge is -2.17. The second kappa shape index (κ2) is 5.97. The lowest BCUT2D eigenvalue weighted by molar-refractivity contribution is 0.298. The Balaban J connectivity index is 2.00. The largest absolute Gasteiger partial charge is 0.314 e. The number of hydrogen-bond acceptors (Lipinski definition) is 4. The molecule has 0 radical (unpaired) electrons. The van der Waals surface area contributed by atoms with E-state index in [0.717, 1.165) is 30.3 Å². The van der Waals surface area contributed by atoms with Crippen LogP contribution in [0.3, 0.4) is 0 Å². The number of H-pyrrole nitrogens is 1. The summed E-state index contributed by atoms with van der Waals surface area (Å²) < 4.78 is 2.10. The summed E-state index contributed by atoms with van der Waals surface area (Å²) >= 11 is 0. The number of aromatic amines is 1. The van der Waals surface area contributed by atoms with Crippen molar-refractivity contribution in [3.8, 4) is 0 Å². The summed E-state index contributed by atoms with van der Waals surface area (Å²) in [5.74, 6) is 0.989. The molecule has 0 unspecified atom stereocenters. The zero-order valence-electron chi connectivity index (χ0n) is 13.9. The van der Waals surface area contributed by atoms with Crippen LogP contribution in [-0.2, 0) is 18.5 Å². The van der Waals surface area contributed by atoms with E-state index in [9.17, 15) is 0 Å². The van der Waals surface area contributed by atoms with E-state index in [4.69, 9.17) is 0 Å². The number of hydrogen-bond donors (Lipinski definition) is 1. The zero-order chi connectivity index (χ0) is 15.6. The van der Waals surface area contributed by atoms with Crippen LogP contribution in [0.4, 0.5) is 0 Å². The van der Waals surface area contributed by atoms with E-state index in [2.05, 4.69) is 77.6 Å². The highest BCUT2D eigenvalue weighted by Gasteiger charge is 2.18. The van der Waals surface area contributed by atoms with Gasteiger partial charge in [0.15, 0.2) is 0 Å². The average molecular weight is 290 g/mol. The first-order valence-corrected chi connectivity index (χ1v) is 7.39. The molecule has 2 rings (SSSR count). The van der Waals surface area contributed by atoms with E-state index in [1.54, 1.807) is 6.33 Å². The molecule has 0 saturated carbocycles. The van der Waals surface area contributed by atoms with E-state index in [-0.39, 0.29) is 5.41 Å². The highest BCUT2D eigenvalue weighted by Crippen LogP contribution is 2.20. The van der Waals surface area contributed by atoms with Crippen LogP contribution in [0.15, 0.2) is 12.4 Å². The van der Waals surface area contributed by atoms with Gasteiger partial charge in [-0.15, -0.1) is 10.2 Å². The molecule has 0 bridgehead atoms. The van der Waals surface area contributed by atoms with Gasteiger partial charge in [-0.1, -0.05) is 20.8 Å². The Hall–Kier alpha value is -1.69. The minimum atomic E-state index is 0.0745. The summed E-state index contributed by atoms with van der Waals surface area (Å²) in [7, 11) is 2.08. The van der Waals surface area contributed by atoms with Gasteiger partial charge in [-0.25, -0.2) is 0 Å². The third-order valence-corrected chi connectivity index (χ3v) is 3.45. The molecule has 0 fully saturated rings. The van der Waals surface area contributed by atoms with E-state index in [0.29, 0.717) is 6.04 Å². The lowest BCUT2D eigenvalue weighted by atomic mass is 9.92. The van der Waals surface area contributed by atoms with Crippen molar-refractivity contribution < 1.29 is 0 Å². The zero-order valence-corrected chi connectivity index (χ0v) is 13.9. The van der Waals surface area contributed by atoms with Crippen molar-refractivity contribution >= 4 is 0 Å². The normalized spacial score (nSPS) is 12.6. The van der Waals surface area contributed by atoms with Crippen LogP contribution in [0.5, 0.6) is 0 Å². The first kappa shape index (κ1) is 15.7. The molecule has 1 N–H and O–H groups in total. The third kappa shape index (κ3) is 3.91. The SMILES string of the molecule is CC(C)n1cnnc1CN(C)Cc1cc(C(C)(C)C)n[nH]1. The lowest BCUT2D eigenvalue weighted by Crippen LogP contribution is -2.21. The Labute approximate surface area is 126 Å². The van der Waals surface area contributed by atoms with E-state index >= 15 is 0 Å². The predicted molar refractivity (Wildman–Crippen MR) is 82.9 cm³/mol. The van der Waals surface area contributed by atoms with Crippen molar-refractivity contribution in [3.63, 3.8) is 0 Å². The predicted octanol–water partition coefficient (Wildman–Crippen LogP) is 2.51. The van der Waals surface area contributed by atoms with Gasteiger partial charge in [0, 0.05) is 23.7 Å². The van der Waals surface area contributed by atoms with Crippen LogP contribution in [0.25, 0.3) is 0 Å². The fourth-order valence-corrected chi connectivity index (χ4v) is 2.23. The van der Waals surface area contributed by atoms with Crippen LogP contribution < -0.4 is 0 Å². The molecule has 0 amide bonds. The molecule has 21 heavy (non-hydrogen) atoms. The molecule has 2 heterocycles. The van der Waals surface area contributed by atoms with Crippen molar-refractivity contribution in [3.05, 3.63) is 29.6 Å². The van der Waals surface area contributed by atoms with Crippen LogP contribution in [0.2, 0.25) is 0 Å². The Morgan fingerprint density at radius 2 is 2.00 bits per heavy atom. The summed E-state index contributed by atoms with van der Waals surface area (Å²) in [6.07, 6.45) is 1.79. The van der Waals surface area contributed by atoms with Crippen LogP contribution in [-0.4, -0.2) is 36.9 Å². The molecule has 2 aromatic heterocycles. The van der Waals surface area contributed by atoms with Gasteiger partial charge in [-0.05, 0) is 27.0 Å². The summed E-state index contributed by atoms with van der Waals surface area (Å²) in [6, 6.07) is 2.52. The maximum absolute atomic E-state index is 4.40. The van der Waals surface area contributed by atoms with Crippen molar-refractivity contribution in [2.45, 2.75) is 59.2 Å². The smallest absolute Gasteiger partial charge is 0.147 e. The average Bonchev–Trinajstić information content (AvgIpc) is 2.96. The Morgan fingerprint density at radius 3 is 2.57 bits per heavy atom. The molecular weight excluding hydrogens is 264 g/mol. The first-order chi connectivity index (χ1) is 9.77. The molecule has 0 aliphatic heterocycles. The van der Waals surface area contributed by atoms with E-state index in [1.165, 1.54) is 0 Å². The Morgan fingerprint density at radius 1 is 1.29 bits per heavy atom. The van der Waals surface area contributed by atoms with E-state index in [1.807, 2.05) is 0 Å². The van der Waals surface area contributed by atoms with Crippen molar-refractivity contribution in [2.75, 3.05) is 7.05 Å². The highest BCUT2D eigenvalue weighted by atomic mass is 15.3. The molecule has 0 aromatic carbocycles. The quantitative estimate of drug-likeness (QED) is 0.919. The second-order valence-corrected chi connectivity index (χ2v) is 6.95. The maximum atomic E-state index is 4.40. The van der Waals surface area contributed by atoms with Gasteiger partial charge in [0.2, 0.25) is 0 Å². The summed E-state index contributed by atoms with van der Waals surface area (Å²) in [5, 5.41) is 15.7. The summed E-state index contributed by atoms with van der Waals surface area (Å²) in [6.45, 7) is 12.4. The fourth-order valence-electron chi connectivity index (χ4n) is 2.23. The standard InChI is InChI=1S/C15H26N6/c1-11(2)21-10-16-19-14(21)9-20(6)8-12-7-13(18-17-12)15(3,4)5/h7,10-11H,8-9H2,1-6H3,(H,17,18). The monoisotopic (exact) mass is 290 g/mol. The molecule has 6 nitrogen and oxygen atoms in total. The topological polar surface area (TPSA) is 62.6 Å². The minimum Gasteiger partial charge on any atom is -0.314 e. The molecule has 0 aliphatic rings. The van der Waals surface area contributed by atoms with Gasteiger partial charge in [0.05, 0.1) is 12.2 Å². The first-order valence-electron chi connectivity index (χ1n) is 7.39. The van der Waals surface area contributed by atoms with Crippen molar-refractivity contribution in [2.24, 2.45) is 0 Å². The van der Waals surface area contributed by atoms with Gasteiger partial charge in [0.25, 0.3) is 0 Å². The van der Waals surface area contributed by atoms with Gasteiger partial charge >= 0.3 is 0 Å².